The normalized spacial score (nSPS) is 11.1. The Hall–Kier alpha value is -2.39. The fraction of sp³-hybridized carbons (Fsp3) is 0.111. The highest BCUT2D eigenvalue weighted by atomic mass is 35.5. The van der Waals surface area contributed by atoms with Crippen LogP contribution in [0.1, 0.15) is 22.8 Å². The van der Waals surface area contributed by atoms with Crippen molar-refractivity contribution in [1.82, 2.24) is 0 Å². The molecule has 0 unspecified atom stereocenters. The summed E-state index contributed by atoms with van der Waals surface area (Å²) in [5.41, 5.74) is 0.978. The van der Waals surface area contributed by atoms with E-state index in [9.17, 15) is 9.59 Å². The van der Waals surface area contributed by atoms with Crippen molar-refractivity contribution >= 4 is 29.4 Å². The van der Waals surface area contributed by atoms with Crippen LogP contribution in [0.2, 0.25) is 5.02 Å². The van der Waals surface area contributed by atoms with Gasteiger partial charge in [-0.3, -0.25) is 4.79 Å². The lowest BCUT2D eigenvalue weighted by Gasteiger charge is -2.07. The summed E-state index contributed by atoms with van der Waals surface area (Å²) in [6, 6.07) is 15.6. The van der Waals surface area contributed by atoms with Crippen LogP contribution in [0.4, 0.5) is 0 Å². The molecule has 112 valence electrons. The van der Waals surface area contributed by atoms with Crippen LogP contribution in [0.25, 0.3) is 6.08 Å². The van der Waals surface area contributed by atoms with Crippen molar-refractivity contribution in [1.29, 1.82) is 0 Å². The highest BCUT2D eigenvalue weighted by Crippen LogP contribution is 2.20. The third-order valence-electron chi connectivity index (χ3n) is 2.98. The first-order chi connectivity index (χ1) is 10.6. The molecule has 0 saturated heterocycles. The van der Waals surface area contributed by atoms with Crippen LogP contribution < -0.4 is 0 Å². The number of esters is 1. The second-order valence-electron chi connectivity index (χ2n) is 4.50. The quantitative estimate of drug-likeness (QED) is 0.273. The molecule has 2 aromatic rings. The van der Waals surface area contributed by atoms with Crippen molar-refractivity contribution in [2.45, 2.75) is 6.92 Å². The lowest BCUT2D eigenvalue weighted by molar-refractivity contribution is -0.137. The first kappa shape index (κ1) is 16.0. The minimum absolute atomic E-state index is 0.0406. The summed E-state index contributed by atoms with van der Waals surface area (Å²) < 4.78 is 4.99. The summed E-state index contributed by atoms with van der Waals surface area (Å²) in [5.74, 6) is -1.05. The molecule has 0 atom stereocenters. The maximum atomic E-state index is 12.6. The molecule has 0 aliphatic carbocycles. The maximum absolute atomic E-state index is 12.6. The van der Waals surface area contributed by atoms with Gasteiger partial charge in [-0.2, -0.15) is 0 Å². The van der Waals surface area contributed by atoms with Gasteiger partial charge in [-0.1, -0.05) is 60.1 Å². The van der Waals surface area contributed by atoms with Gasteiger partial charge >= 0.3 is 5.97 Å². The minimum atomic E-state index is -0.656. The summed E-state index contributed by atoms with van der Waals surface area (Å²) in [7, 11) is 0. The molecular formula is C18H15ClO3. The number of hydrogen-bond acceptors (Lipinski definition) is 3. The first-order valence-electron chi connectivity index (χ1n) is 6.86. The second kappa shape index (κ2) is 7.57. The molecular weight excluding hydrogens is 300 g/mol. The fourth-order valence-electron chi connectivity index (χ4n) is 1.92. The SMILES string of the molecule is CCOC(=O)/C(=C/c1ccccc1Cl)C(=O)c1ccccc1. The van der Waals surface area contributed by atoms with Gasteiger partial charge in [-0.15, -0.1) is 0 Å². The predicted octanol–water partition coefficient (Wildman–Crippen LogP) is 4.17. The third-order valence-corrected chi connectivity index (χ3v) is 3.33. The van der Waals surface area contributed by atoms with E-state index in [1.807, 2.05) is 0 Å². The molecule has 0 aliphatic rings. The summed E-state index contributed by atoms with van der Waals surface area (Å²) in [6.07, 6.45) is 1.47. The summed E-state index contributed by atoms with van der Waals surface area (Å²) in [5, 5.41) is 0.463. The van der Waals surface area contributed by atoms with Gasteiger partial charge in [0, 0.05) is 10.6 Å². The van der Waals surface area contributed by atoms with E-state index >= 15 is 0 Å². The average Bonchev–Trinajstić information content (AvgIpc) is 2.54. The number of rotatable bonds is 5. The second-order valence-corrected chi connectivity index (χ2v) is 4.90. The number of hydrogen-bond donors (Lipinski definition) is 0. The van der Waals surface area contributed by atoms with Crippen molar-refractivity contribution < 1.29 is 14.3 Å². The van der Waals surface area contributed by atoms with E-state index in [1.54, 1.807) is 61.5 Å². The molecule has 0 aliphatic heterocycles. The molecule has 2 rings (SSSR count). The van der Waals surface area contributed by atoms with Gasteiger partial charge in [0.15, 0.2) is 5.78 Å². The van der Waals surface area contributed by atoms with Gasteiger partial charge < -0.3 is 4.74 Å². The standard InChI is InChI=1S/C18H15ClO3/c1-2-22-18(21)15(12-14-10-6-7-11-16(14)19)17(20)13-8-4-3-5-9-13/h3-12H,2H2,1H3/b15-12+. The average molecular weight is 315 g/mol. The van der Waals surface area contributed by atoms with Crippen LogP contribution in [0.15, 0.2) is 60.2 Å². The van der Waals surface area contributed by atoms with Crippen LogP contribution in [0.3, 0.4) is 0 Å². The van der Waals surface area contributed by atoms with Crippen molar-refractivity contribution in [2.75, 3.05) is 6.61 Å². The molecule has 2 aromatic carbocycles. The first-order valence-corrected chi connectivity index (χ1v) is 7.24. The van der Waals surface area contributed by atoms with E-state index < -0.39 is 5.97 Å². The molecule has 4 heteroatoms. The van der Waals surface area contributed by atoms with Crippen LogP contribution in [0, 0.1) is 0 Å². The highest BCUT2D eigenvalue weighted by molar-refractivity contribution is 6.33. The largest absolute Gasteiger partial charge is 0.462 e. The lowest BCUT2D eigenvalue weighted by atomic mass is 10.0. The zero-order valence-electron chi connectivity index (χ0n) is 12.1. The topological polar surface area (TPSA) is 43.4 Å². The van der Waals surface area contributed by atoms with Gasteiger partial charge in [-0.05, 0) is 24.6 Å². The van der Waals surface area contributed by atoms with Gasteiger partial charge in [0.25, 0.3) is 0 Å². The number of carbonyl (C=O) groups excluding carboxylic acids is 2. The molecule has 0 amide bonds. The number of carbonyl (C=O) groups is 2. The van der Waals surface area contributed by atoms with Crippen LogP contribution in [-0.2, 0) is 9.53 Å². The summed E-state index contributed by atoms with van der Waals surface area (Å²) >= 11 is 6.09. The Labute approximate surface area is 134 Å². The van der Waals surface area contributed by atoms with Crippen molar-refractivity contribution in [3.63, 3.8) is 0 Å². The summed E-state index contributed by atoms with van der Waals surface area (Å²) in [6.45, 7) is 1.89. The van der Waals surface area contributed by atoms with E-state index in [2.05, 4.69) is 0 Å². The van der Waals surface area contributed by atoms with Crippen molar-refractivity contribution in [3.05, 3.63) is 76.3 Å². The lowest BCUT2D eigenvalue weighted by Crippen LogP contribution is -2.16. The molecule has 0 spiro atoms. The monoisotopic (exact) mass is 314 g/mol. The number of ether oxygens (including phenoxy) is 1. The third kappa shape index (κ3) is 3.83. The number of halogens is 1. The Morgan fingerprint density at radius 1 is 1.05 bits per heavy atom. The summed E-state index contributed by atoms with van der Waals surface area (Å²) in [4.78, 5) is 24.7. The van der Waals surface area contributed by atoms with E-state index in [4.69, 9.17) is 16.3 Å². The molecule has 3 nitrogen and oxygen atoms in total. The Morgan fingerprint density at radius 2 is 1.68 bits per heavy atom. The van der Waals surface area contributed by atoms with Crippen molar-refractivity contribution in [3.8, 4) is 0 Å². The van der Waals surface area contributed by atoms with Gasteiger partial charge in [0.2, 0.25) is 0 Å². The Bertz CT molecular complexity index is 705. The van der Waals surface area contributed by atoms with E-state index in [0.29, 0.717) is 16.1 Å². The zero-order chi connectivity index (χ0) is 15.9. The van der Waals surface area contributed by atoms with Crippen molar-refractivity contribution in [2.24, 2.45) is 0 Å². The fourth-order valence-corrected chi connectivity index (χ4v) is 2.11. The van der Waals surface area contributed by atoms with Crippen LogP contribution in [-0.4, -0.2) is 18.4 Å². The number of Topliss-reactive ketones (excluding diaryl/α,β-unsaturated/α-hetero) is 1. The number of ketones is 1. The number of benzene rings is 2. The maximum Gasteiger partial charge on any atom is 0.342 e. The predicted molar refractivity (Wildman–Crippen MR) is 86.8 cm³/mol. The molecule has 0 fully saturated rings. The Kier molecular flexibility index (Phi) is 5.50. The molecule has 0 aromatic heterocycles. The van der Waals surface area contributed by atoms with E-state index in [1.165, 1.54) is 6.08 Å². The molecule has 0 N–H and O–H groups in total. The van der Waals surface area contributed by atoms with Gasteiger partial charge in [0.1, 0.15) is 5.57 Å². The van der Waals surface area contributed by atoms with Gasteiger partial charge in [-0.25, -0.2) is 4.79 Å². The molecule has 0 radical (unpaired) electrons. The van der Waals surface area contributed by atoms with E-state index in [-0.39, 0.29) is 18.0 Å². The Balaban J connectivity index is 2.46. The molecule has 0 heterocycles. The van der Waals surface area contributed by atoms with E-state index in [0.717, 1.165) is 0 Å². The van der Waals surface area contributed by atoms with Gasteiger partial charge in [0.05, 0.1) is 6.61 Å². The zero-order valence-corrected chi connectivity index (χ0v) is 12.8. The highest BCUT2D eigenvalue weighted by Gasteiger charge is 2.21. The van der Waals surface area contributed by atoms with Crippen LogP contribution in [0.5, 0.6) is 0 Å². The Morgan fingerprint density at radius 3 is 2.32 bits per heavy atom. The molecule has 0 bridgehead atoms. The minimum Gasteiger partial charge on any atom is -0.462 e. The molecule has 0 saturated carbocycles. The van der Waals surface area contributed by atoms with Crippen LogP contribution >= 0.6 is 11.6 Å². The molecule has 22 heavy (non-hydrogen) atoms. The smallest absolute Gasteiger partial charge is 0.342 e.